The number of aromatic nitrogens is 1. The summed E-state index contributed by atoms with van der Waals surface area (Å²) in [7, 11) is 0. The van der Waals surface area contributed by atoms with Crippen molar-refractivity contribution < 1.29 is 9.18 Å². The van der Waals surface area contributed by atoms with Crippen LogP contribution in [0.15, 0.2) is 67.0 Å². The van der Waals surface area contributed by atoms with Crippen molar-refractivity contribution in [1.82, 2.24) is 4.98 Å². The highest BCUT2D eigenvalue weighted by atomic mass is 19.1. The molecule has 5 heteroatoms. The molecule has 2 aromatic carbocycles. The number of halogens is 1. The van der Waals surface area contributed by atoms with Gasteiger partial charge in [0.15, 0.2) is 0 Å². The Bertz CT molecular complexity index is 962. The van der Waals surface area contributed by atoms with E-state index in [0.717, 1.165) is 22.5 Å². The summed E-state index contributed by atoms with van der Waals surface area (Å²) in [5, 5.41) is 6.20. The van der Waals surface area contributed by atoms with Crippen LogP contribution in [0, 0.1) is 5.82 Å². The molecule has 0 aliphatic rings. The van der Waals surface area contributed by atoms with Gasteiger partial charge in [-0.2, -0.15) is 0 Å². The molecular weight excluding hydrogens is 353 g/mol. The van der Waals surface area contributed by atoms with Crippen molar-refractivity contribution in [2.45, 2.75) is 32.7 Å². The Morgan fingerprint density at radius 1 is 1.04 bits per heavy atom. The predicted octanol–water partition coefficient (Wildman–Crippen LogP) is 5.38. The summed E-state index contributed by atoms with van der Waals surface area (Å²) in [6.45, 7) is 6.85. The van der Waals surface area contributed by atoms with Gasteiger partial charge >= 0.3 is 0 Å². The van der Waals surface area contributed by atoms with E-state index < -0.39 is 0 Å². The monoisotopic (exact) mass is 377 g/mol. The highest BCUT2D eigenvalue weighted by molar-refractivity contribution is 6.05. The van der Waals surface area contributed by atoms with Crippen molar-refractivity contribution in [3.63, 3.8) is 0 Å². The van der Waals surface area contributed by atoms with Gasteiger partial charge in [0.05, 0.1) is 11.3 Å². The molecule has 0 saturated heterocycles. The van der Waals surface area contributed by atoms with E-state index in [1.165, 1.54) is 18.3 Å². The number of rotatable bonds is 5. The number of anilines is 2. The Labute approximate surface area is 164 Å². The molecule has 1 aromatic heterocycles. The summed E-state index contributed by atoms with van der Waals surface area (Å²) in [6.07, 6.45) is 3.20. The number of hydrogen-bond acceptors (Lipinski definition) is 3. The van der Waals surface area contributed by atoms with Gasteiger partial charge in [0.25, 0.3) is 5.91 Å². The van der Waals surface area contributed by atoms with Crippen molar-refractivity contribution in [3.05, 3.63) is 89.5 Å². The molecule has 0 aliphatic carbocycles. The molecule has 0 fully saturated rings. The van der Waals surface area contributed by atoms with Gasteiger partial charge in [-0.05, 0) is 40.8 Å². The minimum absolute atomic E-state index is 0.0827. The molecule has 144 valence electrons. The third kappa shape index (κ3) is 4.94. The van der Waals surface area contributed by atoms with Crippen LogP contribution in [0.3, 0.4) is 0 Å². The number of para-hydroxylation sites is 1. The molecule has 1 heterocycles. The Hall–Kier alpha value is -3.21. The average Bonchev–Trinajstić information content (AvgIpc) is 2.67. The molecule has 0 atom stereocenters. The van der Waals surface area contributed by atoms with Gasteiger partial charge < -0.3 is 10.6 Å². The molecule has 0 aliphatic heterocycles. The molecule has 4 nitrogen and oxygen atoms in total. The van der Waals surface area contributed by atoms with E-state index >= 15 is 0 Å². The third-order valence-electron chi connectivity index (χ3n) is 4.39. The number of pyridine rings is 1. The zero-order valence-corrected chi connectivity index (χ0v) is 16.3. The van der Waals surface area contributed by atoms with Crippen molar-refractivity contribution in [2.75, 3.05) is 10.6 Å². The summed E-state index contributed by atoms with van der Waals surface area (Å²) in [5.74, 6) is -0.478. The highest BCUT2D eigenvalue weighted by Crippen LogP contribution is 2.29. The maximum absolute atomic E-state index is 13.0. The second-order valence-corrected chi connectivity index (χ2v) is 7.69. The molecule has 3 aromatic rings. The van der Waals surface area contributed by atoms with Crippen LogP contribution in [-0.2, 0) is 12.0 Å². The number of carbonyl (C=O) groups excluding carboxylic acids is 1. The van der Waals surface area contributed by atoms with Gasteiger partial charge in [-0.3, -0.25) is 9.78 Å². The number of nitrogens with zero attached hydrogens (tertiary/aromatic N) is 1. The van der Waals surface area contributed by atoms with Crippen molar-refractivity contribution in [2.24, 2.45) is 0 Å². The van der Waals surface area contributed by atoms with E-state index in [4.69, 9.17) is 0 Å². The standard InChI is InChI=1S/C23H24FN3O/c1-23(2,3)20-6-4-5-7-21(20)27-22(28)17-12-19(15-25-14-17)26-13-16-8-10-18(24)11-9-16/h4-12,14-15,26H,13H2,1-3H3,(H,27,28). The number of hydrogen-bond donors (Lipinski definition) is 2. The van der Waals surface area contributed by atoms with E-state index in [9.17, 15) is 9.18 Å². The molecular formula is C23H24FN3O. The van der Waals surface area contributed by atoms with Crippen LogP contribution in [-0.4, -0.2) is 10.9 Å². The van der Waals surface area contributed by atoms with Gasteiger partial charge in [-0.1, -0.05) is 51.1 Å². The summed E-state index contributed by atoms with van der Waals surface area (Å²) < 4.78 is 13.0. The Kier molecular flexibility index (Phi) is 5.73. The van der Waals surface area contributed by atoms with Gasteiger partial charge in [0, 0.05) is 24.6 Å². The predicted molar refractivity (Wildman–Crippen MR) is 111 cm³/mol. The molecule has 0 spiro atoms. The van der Waals surface area contributed by atoms with Gasteiger partial charge in [0.1, 0.15) is 5.82 Å². The number of amides is 1. The van der Waals surface area contributed by atoms with Crippen LogP contribution in [0.4, 0.5) is 15.8 Å². The SMILES string of the molecule is CC(C)(C)c1ccccc1NC(=O)c1cncc(NCc2ccc(F)cc2)c1. The second-order valence-electron chi connectivity index (χ2n) is 7.69. The maximum atomic E-state index is 13.0. The fraction of sp³-hybridized carbons (Fsp3) is 0.217. The second kappa shape index (κ2) is 8.21. The van der Waals surface area contributed by atoms with Gasteiger partial charge in [-0.25, -0.2) is 4.39 Å². The fourth-order valence-corrected chi connectivity index (χ4v) is 2.91. The topological polar surface area (TPSA) is 54.0 Å². The van der Waals surface area contributed by atoms with Crippen LogP contribution in [0.2, 0.25) is 0 Å². The van der Waals surface area contributed by atoms with E-state index in [-0.39, 0.29) is 17.1 Å². The maximum Gasteiger partial charge on any atom is 0.257 e. The normalized spacial score (nSPS) is 11.1. The Morgan fingerprint density at radius 3 is 2.46 bits per heavy atom. The molecule has 2 N–H and O–H groups in total. The summed E-state index contributed by atoms with van der Waals surface area (Å²) in [6, 6.07) is 15.8. The Balaban J connectivity index is 1.72. The highest BCUT2D eigenvalue weighted by Gasteiger charge is 2.19. The van der Waals surface area contributed by atoms with E-state index in [2.05, 4.69) is 36.4 Å². The lowest BCUT2D eigenvalue weighted by molar-refractivity contribution is 0.102. The molecule has 28 heavy (non-hydrogen) atoms. The quantitative estimate of drug-likeness (QED) is 0.627. The van der Waals surface area contributed by atoms with Crippen molar-refractivity contribution in [3.8, 4) is 0 Å². The minimum Gasteiger partial charge on any atom is -0.380 e. The van der Waals surface area contributed by atoms with Crippen molar-refractivity contribution in [1.29, 1.82) is 0 Å². The third-order valence-corrected chi connectivity index (χ3v) is 4.39. The fourth-order valence-electron chi connectivity index (χ4n) is 2.91. The smallest absolute Gasteiger partial charge is 0.257 e. The first-order valence-corrected chi connectivity index (χ1v) is 9.17. The minimum atomic E-state index is -0.264. The van der Waals surface area contributed by atoms with Crippen LogP contribution in [0.5, 0.6) is 0 Å². The molecule has 3 rings (SSSR count). The largest absolute Gasteiger partial charge is 0.380 e. The first kappa shape index (κ1) is 19.5. The van der Waals surface area contributed by atoms with E-state index in [0.29, 0.717) is 12.1 Å². The first-order chi connectivity index (χ1) is 13.3. The molecule has 0 unspecified atom stereocenters. The van der Waals surface area contributed by atoms with Crippen LogP contribution >= 0.6 is 0 Å². The average molecular weight is 377 g/mol. The number of benzene rings is 2. The van der Waals surface area contributed by atoms with Gasteiger partial charge in [0.2, 0.25) is 0 Å². The Morgan fingerprint density at radius 2 is 1.75 bits per heavy atom. The first-order valence-electron chi connectivity index (χ1n) is 9.17. The lowest BCUT2D eigenvalue weighted by Crippen LogP contribution is -2.19. The zero-order valence-electron chi connectivity index (χ0n) is 16.3. The zero-order chi connectivity index (χ0) is 20.1. The number of carbonyl (C=O) groups is 1. The van der Waals surface area contributed by atoms with Crippen LogP contribution < -0.4 is 10.6 Å². The van der Waals surface area contributed by atoms with Gasteiger partial charge in [-0.15, -0.1) is 0 Å². The van der Waals surface area contributed by atoms with Crippen LogP contribution in [0.25, 0.3) is 0 Å². The number of nitrogens with one attached hydrogen (secondary N) is 2. The van der Waals surface area contributed by atoms with Crippen molar-refractivity contribution >= 4 is 17.3 Å². The van der Waals surface area contributed by atoms with Crippen LogP contribution in [0.1, 0.15) is 42.3 Å². The summed E-state index contributed by atoms with van der Waals surface area (Å²) >= 11 is 0. The molecule has 0 bridgehead atoms. The lowest BCUT2D eigenvalue weighted by Gasteiger charge is -2.23. The molecule has 0 radical (unpaired) electrons. The molecule has 0 saturated carbocycles. The summed E-state index contributed by atoms with van der Waals surface area (Å²) in [5.41, 5.74) is 3.91. The summed E-state index contributed by atoms with van der Waals surface area (Å²) in [4.78, 5) is 16.9. The lowest BCUT2D eigenvalue weighted by atomic mass is 9.86. The van der Waals surface area contributed by atoms with E-state index in [1.54, 1.807) is 24.4 Å². The molecule has 1 amide bonds. The van der Waals surface area contributed by atoms with E-state index in [1.807, 2.05) is 24.3 Å².